The van der Waals surface area contributed by atoms with Gasteiger partial charge in [0.05, 0.1) is 11.4 Å². The summed E-state index contributed by atoms with van der Waals surface area (Å²) in [5.74, 6) is -0.345. The predicted molar refractivity (Wildman–Crippen MR) is 77.8 cm³/mol. The third kappa shape index (κ3) is 2.23. The van der Waals surface area contributed by atoms with Crippen LogP contribution in [0.2, 0.25) is 5.02 Å². The maximum Gasteiger partial charge on any atom is 0.124 e. The summed E-state index contributed by atoms with van der Waals surface area (Å²) < 4.78 is 13.4. The number of nitrogens with zero attached hydrogens (tertiary/aromatic N) is 2. The lowest BCUT2D eigenvalue weighted by atomic mass is 9.99. The van der Waals surface area contributed by atoms with Gasteiger partial charge in [0.15, 0.2) is 0 Å². The molecule has 20 heavy (non-hydrogen) atoms. The molecule has 0 saturated heterocycles. The Kier molecular flexibility index (Phi) is 3.32. The van der Waals surface area contributed by atoms with E-state index in [0.717, 1.165) is 11.4 Å². The van der Waals surface area contributed by atoms with Crippen LogP contribution in [0.1, 0.15) is 12.0 Å². The Bertz CT molecular complexity index is 670. The predicted octanol–water partition coefficient (Wildman–Crippen LogP) is 4.20. The maximum absolute atomic E-state index is 13.4. The summed E-state index contributed by atoms with van der Waals surface area (Å²) >= 11 is 5.90. The number of anilines is 2. The average Bonchev–Trinajstić information content (AvgIpc) is 2.47. The first-order valence-corrected chi connectivity index (χ1v) is 6.61. The molecule has 0 radical (unpaired) electrons. The number of hydrogen-bond acceptors (Lipinski definition) is 3. The Morgan fingerprint density at radius 1 is 1.15 bits per heavy atom. The third-order valence-corrected chi connectivity index (χ3v) is 3.64. The molecule has 2 aromatic carbocycles. The van der Waals surface area contributed by atoms with E-state index in [1.54, 1.807) is 6.07 Å². The molecule has 1 N–H and O–H groups in total. The molecule has 0 amide bonds. The second-order valence-electron chi connectivity index (χ2n) is 4.59. The van der Waals surface area contributed by atoms with Crippen molar-refractivity contribution >= 4 is 28.7 Å². The summed E-state index contributed by atoms with van der Waals surface area (Å²) in [6.45, 7) is 0.666. The largest absolute Gasteiger partial charge is 0.411 e. The Morgan fingerprint density at radius 2 is 1.90 bits per heavy atom. The monoisotopic (exact) mass is 290 g/mol. The molecule has 1 aliphatic rings. The molecule has 0 saturated carbocycles. The van der Waals surface area contributed by atoms with E-state index < -0.39 is 0 Å². The molecule has 0 fully saturated rings. The molecule has 0 aromatic heterocycles. The normalized spacial score (nSPS) is 16.3. The van der Waals surface area contributed by atoms with Crippen molar-refractivity contribution in [1.29, 1.82) is 0 Å². The quantitative estimate of drug-likeness (QED) is 0.631. The summed E-state index contributed by atoms with van der Waals surface area (Å²) in [5.41, 5.74) is 2.92. The van der Waals surface area contributed by atoms with Gasteiger partial charge >= 0.3 is 0 Å². The van der Waals surface area contributed by atoms with Crippen LogP contribution in [0.25, 0.3) is 0 Å². The van der Waals surface area contributed by atoms with Crippen LogP contribution in [0.15, 0.2) is 47.6 Å². The van der Waals surface area contributed by atoms with Crippen LogP contribution in [-0.4, -0.2) is 17.5 Å². The van der Waals surface area contributed by atoms with Gasteiger partial charge in [0.25, 0.3) is 0 Å². The highest BCUT2D eigenvalue weighted by Gasteiger charge is 2.23. The summed E-state index contributed by atoms with van der Waals surface area (Å²) in [7, 11) is 0. The van der Waals surface area contributed by atoms with Gasteiger partial charge in [-0.1, -0.05) is 16.8 Å². The Balaban J connectivity index is 2.10. The molecule has 1 aliphatic heterocycles. The average molecular weight is 291 g/mol. The lowest BCUT2D eigenvalue weighted by Gasteiger charge is -2.31. The fraction of sp³-hybridized carbons (Fsp3) is 0.133. The standard InChI is InChI=1S/C15H12ClFN2O/c16-10-1-4-12(5-2-10)19-8-7-14(18-20)13-9-11(17)3-6-15(13)19/h1-6,9,20H,7-8H2/b18-14+. The molecular formula is C15H12ClFN2O. The van der Waals surface area contributed by atoms with Crippen molar-refractivity contribution in [2.24, 2.45) is 5.16 Å². The van der Waals surface area contributed by atoms with Crippen LogP contribution in [0.5, 0.6) is 0 Å². The van der Waals surface area contributed by atoms with Crippen LogP contribution >= 0.6 is 11.6 Å². The number of benzene rings is 2. The van der Waals surface area contributed by atoms with Gasteiger partial charge in [0.1, 0.15) is 5.82 Å². The first-order chi connectivity index (χ1) is 9.69. The zero-order valence-corrected chi connectivity index (χ0v) is 11.3. The zero-order chi connectivity index (χ0) is 14.1. The van der Waals surface area contributed by atoms with Crippen LogP contribution in [0.3, 0.4) is 0 Å². The molecule has 3 nitrogen and oxygen atoms in total. The zero-order valence-electron chi connectivity index (χ0n) is 10.6. The molecule has 3 rings (SSSR count). The molecule has 102 valence electrons. The first kappa shape index (κ1) is 12.9. The van der Waals surface area contributed by atoms with Gasteiger partial charge in [-0.05, 0) is 42.5 Å². The minimum atomic E-state index is -0.345. The van der Waals surface area contributed by atoms with Crippen molar-refractivity contribution in [3.63, 3.8) is 0 Å². The SMILES string of the molecule is O/N=C1\CCN(c2ccc(Cl)cc2)c2ccc(F)cc21. The molecule has 0 unspecified atom stereocenters. The highest BCUT2D eigenvalue weighted by atomic mass is 35.5. The van der Waals surface area contributed by atoms with E-state index >= 15 is 0 Å². The number of fused-ring (bicyclic) bond motifs is 1. The van der Waals surface area contributed by atoms with Gasteiger partial charge in [-0.25, -0.2) is 4.39 Å². The molecule has 0 atom stereocenters. The van der Waals surface area contributed by atoms with E-state index in [2.05, 4.69) is 10.1 Å². The fourth-order valence-corrected chi connectivity index (χ4v) is 2.57. The molecule has 0 aliphatic carbocycles. The van der Waals surface area contributed by atoms with Gasteiger partial charge in [-0.2, -0.15) is 0 Å². The van der Waals surface area contributed by atoms with Crippen molar-refractivity contribution in [2.45, 2.75) is 6.42 Å². The minimum absolute atomic E-state index is 0.345. The van der Waals surface area contributed by atoms with Gasteiger partial charge in [-0.3, -0.25) is 0 Å². The number of rotatable bonds is 1. The van der Waals surface area contributed by atoms with Crippen molar-refractivity contribution in [3.05, 3.63) is 58.9 Å². The molecule has 0 spiro atoms. The maximum atomic E-state index is 13.4. The minimum Gasteiger partial charge on any atom is -0.411 e. The highest BCUT2D eigenvalue weighted by Crippen LogP contribution is 2.34. The Morgan fingerprint density at radius 3 is 2.60 bits per heavy atom. The van der Waals surface area contributed by atoms with E-state index in [-0.39, 0.29) is 5.82 Å². The van der Waals surface area contributed by atoms with Crippen LogP contribution in [-0.2, 0) is 0 Å². The number of oxime groups is 1. The van der Waals surface area contributed by atoms with Crippen molar-refractivity contribution in [2.75, 3.05) is 11.4 Å². The van der Waals surface area contributed by atoms with E-state index in [0.29, 0.717) is 29.3 Å². The number of halogens is 2. The smallest absolute Gasteiger partial charge is 0.124 e. The topological polar surface area (TPSA) is 35.8 Å². The Hall–Kier alpha value is -2.07. The van der Waals surface area contributed by atoms with Gasteiger partial charge < -0.3 is 10.1 Å². The lowest BCUT2D eigenvalue weighted by molar-refractivity contribution is 0.318. The van der Waals surface area contributed by atoms with Crippen LogP contribution in [0.4, 0.5) is 15.8 Å². The molecule has 0 bridgehead atoms. The van der Waals surface area contributed by atoms with Gasteiger partial charge in [0.2, 0.25) is 0 Å². The lowest BCUT2D eigenvalue weighted by Crippen LogP contribution is -2.28. The van der Waals surface area contributed by atoms with Gasteiger partial charge in [-0.15, -0.1) is 0 Å². The van der Waals surface area contributed by atoms with Crippen molar-refractivity contribution < 1.29 is 9.60 Å². The van der Waals surface area contributed by atoms with Crippen molar-refractivity contribution in [1.82, 2.24) is 0 Å². The first-order valence-electron chi connectivity index (χ1n) is 6.23. The fourth-order valence-electron chi connectivity index (χ4n) is 2.44. The molecule has 2 aromatic rings. The Labute approximate surface area is 120 Å². The summed E-state index contributed by atoms with van der Waals surface area (Å²) in [6, 6.07) is 12.0. The van der Waals surface area contributed by atoms with E-state index in [4.69, 9.17) is 16.8 Å². The highest BCUT2D eigenvalue weighted by molar-refractivity contribution is 6.30. The number of hydrogen-bond donors (Lipinski definition) is 1. The molecular weight excluding hydrogens is 279 g/mol. The van der Waals surface area contributed by atoms with Crippen LogP contribution < -0.4 is 4.90 Å². The molecule has 1 heterocycles. The summed E-state index contributed by atoms with van der Waals surface area (Å²) in [4.78, 5) is 2.06. The van der Waals surface area contributed by atoms with Gasteiger partial charge in [0, 0.05) is 29.2 Å². The molecule has 5 heteroatoms. The van der Waals surface area contributed by atoms with E-state index in [1.807, 2.05) is 24.3 Å². The second kappa shape index (κ2) is 5.13. The van der Waals surface area contributed by atoms with Crippen LogP contribution in [0, 0.1) is 5.82 Å². The second-order valence-corrected chi connectivity index (χ2v) is 5.02. The summed E-state index contributed by atoms with van der Waals surface area (Å²) in [5, 5.41) is 13.0. The van der Waals surface area contributed by atoms with Crippen molar-refractivity contribution in [3.8, 4) is 0 Å². The summed E-state index contributed by atoms with van der Waals surface area (Å²) in [6.07, 6.45) is 0.551. The van der Waals surface area contributed by atoms with E-state index in [1.165, 1.54) is 12.1 Å². The van der Waals surface area contributed by atoms with E-state index in [9.17, 15) is 4.39 Å². The third-order valence-electron chi connectivity index (χ3n) is 3.39.